The summed E-state index contributed by atoms with van der Waals surface area (Å²) < 4.78 is 2.03. The third-order valence-electron chi connectivity index (χ3n) is 3.75. The zero-order valence-electron chi connectivity index (χ0n) is 9.56. The van der Waals surface area contributed by atoms with Crippen molar-refractivity contribution in [1.82, 2.24) is 14.8 Å². The molecule has 2 rings (SSSR count). The Morgan fingerprint density at radius 2 is 2.20 bits per heavy atom. The molecule has 1 heterocycles. The lowest BCUT2D eigenvalue weighted by Crippen LogP contribution is -2.25. The molecule has 0 bridgehead atoms. The Labute approximate surface area is 90.9 Å². The van der Waals surface area contributed by atoms with Gasteiger partial charge in [-0.25, -0.2) is 9.67 Å². The number of rotatable bonds is 2. The van der Waals surface area contributed by atoms with E-state index in [4.69, 9.17) is 5.73 Å². The smallest absolute Gasteiger partial charge is 0.140 e. The van der Waals surface area contributed by atoms with E-state index in [1.807, 2.05) is 4.68 Å². The van der Waals surface area contributed by atoms with Crippen LogP contribution in [0.4, 0.5) is 0 Å². The molecule has 0 saturated heterocycles. The van der Waals surface area contributed by atoms with Crippen molar-refractivity contribution in [2.45, 2.75) is 45.7 Å². The molecule has 1 aliphatic carbocycles. The van der Waals surface area contributed by atoms with Crippen LogP contribution in [0.25, 0.3) is 0 Å². The number of aromatic nitrogens is 3. The van der Waals surface area contributed by atoms with Crippen molar-refractivity contribution < 1.29 is 0 Å². The molecule has 0 radical (unpaired) electrons. The van der Waals surface area contributed by atoms with Crippen molar-refractivity contribution in [2.75, 3.05) is 0 Å². The average Bonchev–Trinajstić information content (AvgIpc) is 2.70. The van der Waals surface area contributed by atoms with E-state index < -0.39 is 0 Å². The van der Waals surface area contributed by atoms with Gasteiger partial charge in [0, 0.05) is 0 Å². The molecule has 1 aliphatic rings. The summed E-state index contributed by atoms with van der Waals surface area (Å²) in [7, 11) is 0. The Morgan fingerprint density at radius 1 is 1.40 bits per heavy atom. The summed E-state index contributed by atoms with van der Waals surface area (Å²) in [4.78, 5) is 4.18. The molecule has 2 N–H and O–H groups in total. The fraction of sp³-hybridized carbons (Fsp3) is 0.818. The van der Waals surface area contributed by atoms with Gasteiger partial charge >= 0.3 is 0 Å². The van der Waals surface area contributed by atoms with Crippen LogP contribution in [-0.4, -0.2) is 14.8 Å². The number of nitrogens with zero attached hydrogens (tertiary/aromatic N) is 3. The summed E-state index contributed by atoms with van der Waals surface area (Å²) in [6, 6.07) is 0.511. The second-order valence-electron chi connectivity index (χ2n) is 4.75. The standard InChI is InChI=1S/C11H20N4/c1-8-3-4-10(5-9(8)2)15-11(6-12)13-7-14-15/h7-10H,3-6,12H2,1-2H3. The van der Waals surface area contributed by atoms with Gasteiger partial charge in [-0.05, 0) is 31.1 Å². The monoisotopic (exact) mass is 208 g/mol. The molecule has 0 amide bonds. The molecule has 3 unspecified atom stereocenters. The van der Waals surface area contributed by atoms with Gasteiger partial charge in [-0.2, -0.15) is 5.10 Å². The van der Waals surface area contributed by atoms with E-state index in [0.717, 1.165) is 17.7 Å². The first-order valence-electron chi connectivity index (χ1n) is 5.80. The molecule has 3 atom stereocenters. The zero-order valence-corrected chi connectivity index (χ0v) is 9.56. The molecule has 1 aromatic heterocycles. The van der Waals surface area contributed by atoms with Crippen LogP contribution in [0.3, 0.4) is 0 Å². The van der Waals surface area contributed by atoms with Crippen LogP contribution in [0.2, 0.25) is 0 Å². The molecule has 0 spiro atoms. The second-order valence-corrected chi connectivity index (χ2v) is 4.75. The lowest BCUT2D eigenvalue weighted by molar-refractivity contribution is 0.197. The molecule has 0 aliphatic heterocycles. The number of hydrogen-bond donors (Lipinski definition) is 1. The van der Waals surface area contributed by atoms with Crippen molar-refractivity contribution in [3.05, 3.63) is 12.2 Å². The lowest BCUT2D eigenvalue weighted by atomic mass is 9.79. The Balaban J connectivity index is 2.11. The van der Waals surface area contributed by atoms with Crippen molar-refractivity contribution in [2.24, 2.45) is 17.6 Å². The third kappa shape index (κ3) is 2.04. The van der Waals surface area contributed by atoms with Crippen LogP contribution in [-0.2, 0) is 6.54 Å². The Morgan fingerprint density at radius 3 is 2.87 bits per heavy atom. The SMILES string of the molecule is CC1CCC(n2ncnc2CN)CC1C. The average molecular weight is 208 g/mol. The Bertz CT molecular complexity index is 320. The highest BCUT2D eigenvalue weighted by Gasteiger charge is 2.27. The molecule has 4 nitrogen and oxygen atoms in total. The van der Waals surface area contributed by atoms with Gasteiger partial charge < -0.3 is 5.73 Å². The molecule has 84 valence electrons. The van der Waals surface area contributed by atoms with Crippen LogP contribution in [0.1, 0.15) is 45.0 Å². The van der Waals surface area contributed by atoms with Gasteiger partial charge in [0.2, 0.25) is 0 Å². The Kier molecular flexibility index (Phi) is 3.05. The first kappa shape index (κ1) is 10.6. The molecular weight excluding hydrogens is 188 g/mol. The number of hydrogen-bond acceptors (Lipinski definition) is 3. The van der Waals surface area contributed by atoms with Crippen molar-refractivity contribution in [1.29, 1.82) is 0 Å². The van der Waals surface area contributed by atoms with Crippen molar-refractivity contribution >= 4 is 0 Å². The molecule has 1 fully saturated rings. The maximum Gasteiger partial charge on any atom is 0.140 e. The molecule has 1 saturated carbocycles. The van der Waals surface area contributed by atoms with Crippen LogP contribution < -0.4 is 5.73 Å². The highest BCUT2D eigenvalue weighted by Crippen LogP contribution is 2.35. The fourth-order valence-corrected chi connectivity index (χ4v) is 2.47. The van der Waals surface area contributed by atoms with Crippen LogP contribution in [0.5, 0.6) is 0 Å². The van der Waals surface area contributed by atoms with Crippen LogP contribution in [0.15, 0.2) is 6.33 Å². The summed E-state index contributed by atoms with van der Waals surface area (Å²) in [6.07, 6.45) is 5.32. The highest BCUT2D eigenvalue weighted by atomic mass is 15.4. The first-order chi connectivity index (χ1) is 7.22. The quantitative estimate of drug-likeness (QED) is 0.805. The lowest BCUT2D eigenvalue weighted by Gasteiger charge is -2.32. The molecule has 0 aromatic carbocycles. The summed E-state index contributed by atoms with van der Waals surface area (Å²) in [5.41, 5.74) is 5.64. The summed E-state index contributed by atoms with van der Waals surface area (Å²) in [5, 5.41) is 4.30. The van der Waals surface area contributed by atoms with Gasteiger partial charge in [0.1, 0.15) is 12.2 Å². The predicted molar refractivity (Wildman–Crippen MR) is 59.1 cm³/mol. The minimum absolute atomic E-state index is 0.487. The van der Waals surface area contributed by atoms with E-state index in [9.17, 15) is 0 Å². The van der Waals surface area contributed by atoms with Gasteiger partial charge in [0.15, 0.2) is 0 Å². The highest BCUT2D eigenvalue weighted by molar-refractivity contribution is 4.89. The summed E-state index contributed by atoms with van der Waals surface area (Å²) >= 11 is 0. The normalized spacial score (nSPS) is 31.8. The predicted octanol–water partition coefficient (Wildman–Crippen LogP) is 1.73. The van der Waals surface area contributed by atoms with E-state index in [2.05, 4.69) is 23.9 Å². The number of nitrogens with two attached hydrogens (primary N) is 1. The maximum atomic E-state index is 5.64. The topological polar surface area (TPSA) is 56.7 Å². The van der Waals surface area contributed by atoms with Gasteiger partial charge in [-0.3, -0.25) is 0 Å². The summed E-state index contributed by atoms with van der Waals surface area (Å²) in [6.45, 7) is 5.16. The van der Waals surface area contributed by atoms with E-state index in [1.54, 1.807) is 6.33 Å². The summed E-state index contributed by atoms with van der Waals surface area (Å²) in [5.74, 6) is 2.53. The Hall–Kier alpha value is -0.900. The second kappa shape index (κ2) is 4.31. The van der Waals surface area contributed by atoms with Crippen LogP contribution in [0, 0.1) is 11.8 Å². The molecule has 4 heteroatoms. The van der Waals surface area contributed by atoms with Gasteiger partial charge in [-0.1, -0.05) is 13.8 Å². The largest absolute Gasteiger partial charge is 0.324 e. The zero-order chi connectivity index (χ0) is 10.8. The van der Waals surface area contributed by atoms with E-state index >= 15 is 0 Å². The van der Waals surface area contributed by atoms with Crippen molar-refractivity contribution in [3.8, 4) is 0 Å². The van der Waals surface area contributed by atoms with E-state index in [0.29, 0.717) is 12.6 Å². The molecule has 15 heavy (non-hydrogen) atoms. The van der Waals surface area contributed by atoms with Crippen molar-refractivity contribution in [3.63, 3.8) is 0 Å². The van der Waals surface area contributed by atoms with E-state index in [1.165, 1.54) is 19.3 Å². The van der Waals surface area contributed by atoms with Gasteiger partial charge in [0.25, 0.3) is 0 Å². The van der Waals surface area contributed by atoms with Crippen LogP contribution >= 0.6 is 0 Å². The minimum Gasteiger partial charge on any atom is -0.324 e. The molecule has 1 aromatic rings. The minimum atomic E-state index is 0.487. The fourth-order valence-electron chi connectivity index (χ4n) is 2.47. The van der Waals surface area contributed by atoms with Gasteiger partial charge in [-0.15, -0.1) is 0 Å². The first-order valence-corrected chi connectivity index (χ1v) is 5.80. The maximum absolute atomic E-state index is 5.64. The third-order valence-corrected chi connectivity index (χ3v) is 3.75. The molecular formula is C11H20N4. The van der Waals surface area contributed by atoms with Gasteiger partial charge in [0.05, 0.1) is 12.6 Å². The van der Waals surface area contributed by atoms with E-state index in [-0.39, 0.29) is 0 Å².